The van der Waals surface area contributed by atoms with Gasteiger partial charge in [-0.1, -0.05) is 0 Å². The van der Waals surface area contributed by atoms with Crippen LogP contribution in [0, 0.1) is 0 Å². The molecule has 0 aromatic heterocycles. The van der Waals surface area contributed by atoms with Crippen LogP contribution in [-0.2, 0) is 4.79 Å². The first-order valence-electron chi connectivity index (χ1n) is 3.65. The van der Waals surface area contributed by atoms with E-state index in [2.05, 4.69) is 0 Å². The Hall–Kier alpha value is -2.04. The van der Waals surface area contributed by atoms with Crippen molar-refractivity contribution >= 4 is 11.9 Å². The molecule has 14 heavy (non-hydrogen) atoms. The lowest BCUT2D eigenvalue weighted by Crippen LogP contribution is -1.93. The van der Waals surface area contributed by atoms with Gasteiger partial charge in [0.05, 0.1) is 5.56 Å². The van der Waals surface area contributed by atoms with Crippen LogP contribution in [0.25, 0.3) is 0 Å². The Morgan fingerprint density at radius 2 is 1.43 bits per heavy atom. The molecule has 0 atom stereocenters. The third-order valence-corrected chi connectivity index (χ3v) is 1.11. The number of benzene rings is 1. The maximum absolute atomic E-state index is 10.2. The number of aromatic carboxylic acids is 1. The number of aromatic hydroxyl groups is 1. The van der Waals surface area contributed by atoms with Crippen molar-refractivity contribution < 1.29 is 24.9 Å². The molecule has 76 valence electrons. The van der Waals surface area contributed by atoms with Gasteiger partial charge in [-0.3, -0.25) is 4.79 Å². The predicted octanol–water partition coefficient (Wildman–Crippen LogP) is 1.18. The van der Waals surface area contributed by atoms with Gasteiger partial charge in [0, 0.05) is 6.92 Å². The smallest absolute Gasteiger partial charge is 0.335 e. The molecule has 0 fully saturated rings. The van der Waals surface area contributed by atoms with Crippen LogP contribution < -0.4 is 0 Å². The fourth-order valence-corrected chi connectivity index (χ4v) is 0.604. The summed E-state index contributed by atoms with van der Waals surface area (Å²) >= 11 is 0. The number of phenols is 1. The summed E-state index contributed by atoms with van der Waals surface area (Å²) in [5.74, 6) is -1.75. The molecule has 0 aliphatic carbocycles. The van der Waals surface area contributed by atoms with E-state index in [9.17, 15) is 4.79 Å². The first kappa shape index (κ1) is 12.0. The molecule has 0 bridgehead atoms. The van der Waals surface area contributed by atoms with Gasteiger partial charge in [-0.05, 0) is 24.3 Å². The molecule has 5 nitrogen and oxygen atoms in total. The zero-order valence-electron chi connectivity index (χ0n) is 7.47. The predicted molar refractivity (Wildman–Crippen MR) is 48.4 cm³/mol. The van der Waals surface area contributed by atoms with Crippen molar-refractivity contribution in [1.82, 2.24) is 0 Å². The maximum Gasteiger partial charge on any atom is 0.335 e. The number of hydrogen-bond donors (Lipinski definition) is 3. The van der Waals surface area contributed by atoms with Gasteiger partial charge in [-0.2, -0.15) is 0 Å². The first-order chi connectivity index (χ1) is 6.43. The molecule has 0 radical (unpaired) electrons. The highest BCUT2D eigenvalue weighted by molar-refractivity contribution is 5.87. The van der Waals surface area contributed by atoms with Gasteiger partial charge >= 0.3 is 5.97 Å². The van der Waals surface area contributed by atoms with Gasteiger partial charge in [0.25, 0.3) is 5.97 Å². The minimum Gasteiger partial charge on any atom is -0.508 e. The minimum absolute atomic E-state index is 0.0741. The molecule has 0 heterocycles. The van der Waals surface area contributed by atoms with E-state index in [1.807, 2.05) is 0 Å². The van der Waals surface area contributed by atoms with Crippen LogP contribution in [-0.4, -0.2) is 27.3 Å². The summed E-state index contributed by atoms with van der Waals surface area (Å²) in [4.78, 5) is 19.2. The number of carboxylic acids is 2. The summed E-state index contributed by atoms with van der Waals surface area (Å²) in [6, 6.07) is 5.36. The lowest BCUT2D eigenvalue weighted by atomic mass is 10.2. The van der Waals surface area contributed by atoms with Gasteiger partial charge in [-0.25, -0.2) is 4.79 Å². The molecule has 0 amide bonds. The third-order valence-electron chi connectivity index (χ3n) is 1.11. The van der Waals surface area contributed by atoms with Crippen LogP contribution in [0.15, 0.2) is 24.3 Å². The topological polar surface area (TPSA) is 94.8 Å². The second-order valence-corrected chi connectivity index (χ2v) is 2.37. The first-order valence-corrected chi connectivity index (χ1v) is 3.65. The molecule has 0 saturated carbocycles. The van der Waals surface area contributed by atoms with Crippen LogP contribution in [0.4, 0.5) is 0 Å². The van der Waals surface area contributed by atoms with Crippen LogP contribution in [0.1, 0.15) is 17.3 Å². The van der Waals surface area contributed by atoms with Crippen molar-refractivity contribution in [1.29, 1.82) is 0 Å². The van der Waals surface area contributed by atoms with Crippen LogP contribution >= 0.6 is 0 Å². The van der Waals surface area contributed by atoms with E-state index in [1.54, 1.807) is 0 Å². The lowest BCUT2D eigenvalue weighted by molar-refractivity contribution is -0.134. The Kier molecular flexibility index (Phi) is 4.77. The molecule has 0 aliphatic rings. The zero-order chi connectivity index (χ0) is 11.1. The molecule has 1 rings (SSSR count). The number of phenolic OH excluding ortho intramolecular Hbond substituents is 1. The van der Waals surface area contributed by atoms with Crippen molar-refractivity contribution in [2.75, 3.05) is 0 Å². The van der Waals surface area contributed by atoms with Crippen molar-refractivity contribution in [2.45, 2.75) is 6.92 Å². The number of carbonyl (C=O) groups is 2. The van der Waals surface area contributed by atoms with Crippen molar-refractivity contribution in [3.8, 4) is 5.75 Å². The van der Waals surface area contributed by atoms with Gasteiger partial charge in [-0.15, -0.1) is 0 Å². The summed E-state index contributed by atoms with van der Waals surface area (Å²) in [6.07, 6.45) is 0. The maximum atomic E-state index is 10.2. The number of rotatable bonds is 1. The summed E-state index contributed by atoms with van der Waals surface area (Å²) in [5, 5.41) is 24.6. The fraction of sp³-hybridized carbons (Fsp3) is 0.111. The van der Waals surface area contributed by atoms with E-state index >= 15 is 0 Å². The Labute approximate surface area is 80.2 Å². The zero-order valence-corrected chi connectivity index (χ0v) is 7.47. The summed E-state index contributed by atoms with van der Waals surface area (Å²) in [5.41, 5.74) is 0.179. The highest BCUT2D eigenvalue weighted by Gasteiger charge is 1.99. The van der Waals surface area contributed by atoms with Gasteiger partial charge < -0.3 is 15.3 Å². The summed E-state index contributed by atoms with van der Waals surface area (Å²) in [7, 11) is 0. The Morgan fingerprint density at radius 3 is 1.71 bits per heavy atom. The SMILES string of the molecule is CC(=O)O.O=C(O)c1ccc(O)cc1. The Balaban J connectivity index is 0.000000364. The highest BCUT2D eigenvalue weighted by Crippen LogP contribution is 2.08. The van der Waals surface area contributed by atoms with Gasteiger partial charge in [0.15, 0.2) is 0 Å². The van der Waals surface area contributed by atoms with Crippen LogP contribution in [0.5, 0.6) is 5.75 Å². The summed E-state index contributed by atoms with van der Waals surface area (Å²) < 4.78 is 0. The average Bonchev–Trinajstić information content (AvgIpc) is 2.03. The van der Waals surface area contributed by atoms with Crippen LogP contribution in [0.2, 0.25) is 0 Å². The molecule has 0 aliphatic heterocycles. The quantitative estimate of drug-likeness (QED) is 0.629. The van der Waals surface area contributed by atoms with Crippen molar-refractivity contribution in [3.05, 3.63) is 29.8 Å². The van der Waals surface area contributed by atoms with E-state index in [-0.39, 0.29) is 11.3 Å². The van der Waals surface area contributed by atoms with E-state index < -0.39 is 11.9 Å². The van der Waals surface area contributed by atoms with Crippen molar-refractivity contribution in [2.24, 2.45) is 0 Å². The third kappa shape index (κ3) is 5.59. The second-order valence-electron chi connectivity index (χ2n) is 2.37. The average molecular weight is 198 g/mol. The molecule has 1 aromatic rings. The molecule has 1 aromatic carbocycles. The molecular weight excluding hydrogens is 188 g/mol. The standard InChI is InChI=1S/C7H6O3.C2H4O2/c8-6-3-1-5(2-4-6)7(9)10;1-2(3)4/h1-4,8H,(H,9,10);1H3,(H,3,4). The van der Waals surface area contributed by atoms with E-state index in [1.165, 1.54) is 24.3 Å². The lowest BCUT2D eigenvalue weighted by Gasteiger charge is -1.92. The molecule has 0 unspecified atom stereocenters. The highest BCUT2D eigenvalue weighted by atomic mass is 16.4. The monoisotopic (exact) mass is 198 g/mol. The summed E-state index contributed by atoms with van der Waals surface area (Å²) in [6.45, 7) is 1.08. The molecule has 0 saturated heterocycles. The van der Waals surface area contributed by atoms with E-state index in [0.717, 1.165) is 6.92 Å². The van der Waals surface area contributed by atoms with Crippen molar-refractivity contribution in [3.63, 3.8) is 0 Å². The second kappa shape index (κ2) is 5.58. The Morgan fingerprint density at radius 1 is 1.07 bits per heavy atom. The van der Waals surface area contributed by atoms with E-state index in [0.29, 0.717) is 0 Å². The molecule has 5 heteroatoms. The van der Waals surface area contributed by atoms with Gasteiger partial charge in [0.2, 0.25) is 0 Å². The number of hydrogen-bond acceptors (Lipinski definition) is 3. The number of carboxylic acid groups (broad SMARTS) is 2. The normalized spacial score (nSPS) is 8.36. The fourth-order valence-electron chi connectivity index (χ4n) is 0.604. The molecule has 3 N–H and O–H groups in total. The largest absolute Gasteiger partial charge is 0.508 e. The van der Waals surface area contributed by atoms with Crippen LogP contribution in [0.3, 0.4) is 0 Å². The number of aliphatic carboxylic acids is 1. The minimum atomic E-state index is -0.986. The van der Waals surface area contributed by atoms with E-state index in [4.69, 9.17) is 20.1 Å². The van der Waals surface area contributed by atoms with Gasteiger partial charge in [0.1, 0.15) is 5.75 Å². The Bertz CT molecular complexity index is 310. The molecular formula is C9H10O5. The molecule has 0 spiro atoms.